The average molecular weight is 480 g/mol. The van der Waals surface area contributed by atoms with Crippen molar-refractivity contribution in [1.82, 2.24) is 14.9 Å². The van der Waals surface area contributed by atoms with Gasteiger partial charge in [-0.3, -0.25) is 9.59 Å². The summed E-state index contributed by atoms with van der Waals surface area (Å²) in [5, 5.41) is 0.820. The van der Waals surface area contributed by atoms with Crippen LogP contribution in [0.5, 0.6) is 0 Å². The van der Waals surface area contributed by atoms with E-state index in [1.807, 2.05) is 0 Å². The molecular weight excluding hydrogens is 442 g/mol. The Morgan fingerprint density at radius 3 is 2.35 bits per heavy atom. The SMILES string of the molecule is O=C(N(Cc1nc2sc3c(c2c(=O)[nH]1)CCCC3)C1CCCCC1)C12CC3CC(CC(C3)C1)C2. The molecule has 1 amide bonds. The van der Waals surface area contributed by atoms with Crippen LogP contribution in [-0.2, 0) is 24.2 Å². The van der Waals surface area contributed by atoms with Gasteiger partial charge in [0.15, 0.2) is 0 Å². The van der Waals surface area contributed by atoms with Crippen molar-refractivity contribution in [3.63, 3.8) is 0 Å². The minimum Gasteiger partial charge on any atom is -0.332 e. The Kier molecular flexibility index (Phi) is 5.19. The third-order valence-electron chi connectivity index (χ3n) is 9.96. The summed E-state index contributed by atoms with van der Waals surface area (Å²) in [4.78, 5) is 40.1. The van der Waals surface area contributed by atoms with Gasteiger partial charge < -0.3 is 9.88 Å². The number of aryl methyl sites for hydroxylation is 2. The van der Waals surface area contributed by atoms with Crippen molar-refractivity contribution < 1.29 is 4.79 Å². The van der Waals surface area contributed by atoms with Gasteiger partial charge >= 0.3 is 0 Å². The van der Waals surface area contributed by atoms with Crippen LogP contribution in [0.3, 0.4) is 0 Å². The van der Waals surface area contributed by atoms with E-state index >= 15 is 0 Å². The average Bonchev–Trinajstić information content (AvgIpc) is 3.21. The number of nitrogens with one attached hydrogen (secondary N) is 1. The number of amides is 1. The molecule has 6 aliphatic carbocycles. The molecule has 2 aromatic heterocycles. The second-order valence-electron chi connectivity index (χ2n) is 12.3. The molecule has 6 aliphatic rings. The van der Waals surface area contributed by atoms with Crippen LogP contribution in [-0.4, -0.2) is 26.8 Å². The molecule has 0 aromatic carbocycles. The van der Waals surface area contributed by atoms with Crippen molar-refractivity contribution in [3.05, 3.63) is 26.6 Å². The molecule has 0 unspecified atom stereocenters. The maximum atomic E-state index is 14.4. The van der Waals surface area contributed by atoms with Crippen molar-refractivity contribution >= 4 is 27.5 Å². The van der Waals surface area contributed by atoms with E-state index in [0.29, 0.717) is 24.3 Å². The first-order chi connectivity index (χ1) is 16.6. The van der Waals surface area contributed by atoms with Gasteiger partial charge in [-0.15, -0.1) is 11.3 Å². The first-order valence-electron chi connectivity index (χ1n) is 13.9. The third kappa shape index (κ3) is 3.50. The molecule has 1 N–H and O–H groups in total. The molecule has 5 saturated carbocycles. The second-order valence-corrected chi connectivity index (χ2v) is 13.4. The lowest BCUT2D eigenvalue weighted by molar-refractivity contribution is -0.161. The lowest BCUT2D eigenvalue weighted by Gasteiger charge is -2.57. The molecule has 6 heteroatoms. The standard InChI is InChI=1S/C28H37N3O2S/c32-25-24-21-8-4-5-9-22(21)34-26(24)30-23(29-25)16-31(20-6-2-1-3-7-20)27(33)28-13-17-10-18(14-28)12-19(11-17)15-28/h17-20H,1-16H2,(H,29,30,32). The zero-order valence-electron chi connectivity index (χ0n) is 20.2. The molecule has 0 radical (unpaired) electrons. The summed E-state index contributed by atoms with van der Waals surface area (Å²) in [5.41, 5.74) is 1.10. The number of thiophene rings is 1. The summed E-state index contributed by atoms with van der Waals surface area (Å²) in [6.07, 6.45) is 17.7. The van der Waals surface area contributed by atoms with Crippen LogP contribution in [0, 0.1) is 23.2 Å². The van der Waals surface area contributed by atoms with Crippen LogP contribution in [0.4, 0.5) is 0 Å². The first kappa shape index (κ1) is 21.6. The van der Waals surface area contributed by atoms with Gasteiger partial charge in [0.25, 0.3) is 5.56 Å². The largest absolute Gasteiger partial charge is 0.332 e. The zero-order chi connectivity index (χ0) is 22.9. The summed E-state index contributed by atoms with van der Waals surface area (Å²) in [7, 11) is 0. The fraction of sp³-hybridized carbons (Fsp3) is 0.750. The molecular formula is C28H37N3O2S. The lowest BCUT2D eigenvalue weighted by atomic mass is 9.49. The van der Waals surface area contributed by atoms with E-state index in [2.05, 4.69) is 9.88 Å². The number of hydrogen-bond donors (Lipinski definition) is 1. The minimum atomic E-state index is -0.140. The summed E-state index contributed by atoms with van der Waals surface area (Å²) in [5.74, 6) is 3.37. The van der Waals surface area contributed by atoms with Gasteiger partial charge in [0.1, 0.15) is 10.7 Å². The normalized spacial score (nSPS) is 32.8. The Balaban J connectivity index is 1.23. The number of nitrogens with zero attached hydrogens (tertiary/aromatic N) is 2. The highest BCUT2D eigenvalue weighted by Crippen LogP contribution is 2.60. The Bertz CT molecular complexity index is 1140. The van der Waals surface area contributed by atoms with Gasteiger partial charge in [-0.25, -0.2) is 4.98 Å². The highest BCUT2D eigenvalue weighted by Gasteiger charge is 2.56. The fourth-order valence-electron chi connectivity index (χ4n) is 8.88. The second kappa shape index (κ2) is 8.18. The van der Waals surface area contributed by atoms with Crippen molar-refractivity contribution in [2.45, 2.75) is 109 Å². The van der Waals surface area contributed by atoms with Gasteiger partial charge in [-0.05, 0) is 100 Å². The van der Waals surface area contributed by atoms with E-state index in [9.17, 15) is 9.59 Å². The Morgan fingerprint density at radius 1 is 0.971 bits per heavy atom. The van der Waals surface area contributed by atoms with E-state index in [1.165, 1.54) is 55.4 Å². The predicted octanol–water partition coefficient (Wildman–Crippen LogP) is 5.74. The highest BCUT2D eigenvalue weighted by molar-refractivity contribution is 7.18. The van der Waals surface area contributed by atoms with Gasteiger partial charge in [0.2, 0.25) is 5.91 Å². The minimum absolute atomic E-state index is 0.00486. The Morgan fingerprint density at radius 2 is 1.65 bits per heavy atom. The molecule has 182 valence electrons. The summed E-state index contributed by atoms with van der Waals surface area (Å²) < 4.78 is 0. The number of rotatable bonds is 4. The number of aromatic nitrogens is 2. The molecule has 5 nitrogen and oxygen atoms in total. The van der Waals surface area contributed by atoms with Gasteiger partial charge in [0, 0.05) is 10.9 Å². The number of carbonyl (C=O) groups excluding carboxylic acids is 1. The van der Waals surface area contributed by atoms with Crippen LogP contribution >= 0.6 is 11.3 Å². The maximum absolute atomic E-state index is 14.4. The predicted molar refractivity (Wildman–Crippen MR) is 135 cm³/mol. The smallest absolute Gasteiger partial charge is 0.259 e. The van der Waals surface area contributed by atoms with Gasteiger partial charge in [0.05, 0.1) is 17.3 Å². The maximum Gasteiger partial charge on any atom is 0.259 e. The van der Waals surface area contributed by atoms with Crippen LogP contribution in [0.15, 0.2) is 4.79 Å². The molecule has 2 heterocycles. The molecule has 0 aliphatic heterocycles. The molecule has 0 saturated heterocycles. The number of fused-ring (bicyclic) bond motifs is 3. The summed E-state index contributed by atoms with van der Waals surface area (Å²) >= 11 is 1.71. The molecule has 5 fully saturated rings. The van der Waals surface area contributed by atoms with Gasteiger partial charge in [-0.1, -0.05) is 19.3 Å². The lowest BCUT2D eigenvalue weighted by Crippen LogP contribution is -2.56. The van der Waals surface area contributed by atoms with E-state index in [-0.39, 0.29) is 11.0 Å². The first-order valence-corrected chi connectivity index (χ1v) is 14.7. The summed E-state index contributed by atoms with van der Waals surface area (Å²) in [6, 6.07) is 0.298. The fourth-order valence-corrected chi connectivity index (χ4v) is 10.2. The van der Waals surface area contributed by atoms with Crippen LogP contribution in [0.25, 0.3) is 10.2 Å². The monoisotopic (exact) mass is 479 g/mol. The van der Waals surface area contributed by atoms with Crippen molar-refractivity contribution in [2.24, 2.45) is 23.2 Å². The van der Waals surface area contributed by atoms with Crippen molar-refractivity contribution in [1.29, 1.82) is 0 Å². The molecule has 4 bridgehead atoms. The number of H-pyrrole nitrogens is 1. The number of carbonyl (C=O) groups is 1. The van der Waals surface area contributed by atoms with Crippen molar-refractivity contribution in [2.75, 3.05) is 0 Å². The summed E-state index contributed by atoms with van der Waals surface area (Å²) in [6.45, 7) is 0.471. The van der Waals surface area contributed by atoms with Crippen LogP contribution in [0.2, 0.25) is 0 Å². The van der Waals surface area contributed by atoms with E-state index in [1.54, 1.807) is 11.3 Å². The molecule has 0 atom stereocenters. The Labute approximate surface area is 205 Å². The van der Waals surface area contributed by atoms with Crippen LogP contribution < -0.4 is 5.56 Å². The van der Waals surface area contributed by atoms with E-state index in [4.69, 9.17) is 4.98 Å². The quantitative estimate of drug-likeness (QED) is 0.608. The number of hydrogen-bond acceptors (Lipinski definition) is 4. The van der Waals surface area contributed by atoms with E-state index in [0.717, 1.165) is 79.3 Å². The zero-order valence-corrected chi connectivity index (χ0v) is 21.1. The van der Waals surface area contributed by atoms with E-state index < -0.39 is 0 Å². The number of aromatic amines is 1. The molecule has 34 heavy (non-hydrogen) atoms. The van der Waals surface area contributed by atoms with Crippen LogP contribution in [0.1, 0.15) is 99.7 Å². The molecule has 8 rings (SSSR count). The Hall–Kier alpha value is -1.69. The topological polar surface area (TPSA) is 66.1 Å². The molecule has 2 aromatic rings. The highest BCUT2D eigenvalue weighted by atomic mass is 32.1. The van der Waals surface area contributed by atoms with Crippen molar-refractivity contribution in [3.8, 4) is 0 Å². The third-order valence-corrected chi connectivity index (χ3v) is 11.1. The molecule has 0 spiro atoms. The van der Waals surface area contributed by atoms with Gasteiger partial charge in [-0.2, -0.15) is 0 Å².